The number of nitrogens with one attached hydrogen (secondary N) is 2. The van der Waals surface area contributed by atoms with E-state index in [1.54, 1.807) is 0 Å². The molecule has 3 unspecified atom stereocenters. The second kappa shape index (κ2) is 6.53. The molecule has 2 aliphatic heterocycles. The summed E-state index contributed by atoms with van der Waals surface area (Å²) < 4.78 is 0. The van der Waals surface area contributed by atoms with Crippen molar-refractivity contribution in [3.05, 3.63) is 0 Å². The van der Waals surface area contributed by atoms with Crippen molar-refractivity contribution in [3.63, 3.8) is 0 Å². The van der Waals surface area contributed by atoms with E-state index in [1.165, 1.54) is 25.9 Å². The van der Waals surface area contributed by atoms with Gasteiger partial charge in [-0.25, -0.2) is 0 Å². The fraction of sp³-hybridized carbons (Fsp3) is 0.929. The molecular formula is C14H27N3O. The number of hydrogen-bond donors (Lipinski definition) is 2. The Morgan fingerprint density at radius 3 is 2.78 bits per heavy atom. The first kappa shape index (κ1) is 13.8. The summed E-state index contributed by atoms with van der Waals surface area (Å²) in [6, 6.07) is 0.332. The molecule has 104 valence electrons. The van der Waals surface area contributed by atoms with E-state index in [4.69, 9.17) is 0 Å². The van der Waals surface area contributed by atoms with Gasteiger partial charge in [-0.15, -0.1) is 0 Å². The molecule has 0 spiro atoms. The van der Waals surface area contributed by atoms with Crippen LogP contribution in [0.3, 0.4) is 0 Å². The fourth-order valence-electron chi connectivity index (χ4n) is 3.09. The van der Waals surface area contributed by atoms with Crippen LogP contribution in [-0.4, -0.2) is 49.6 Å². The number of rotatable bonds is 5. The SMILES string of the molecule is CC(CNC(=O)C1CCNC1C)CN1CCCC1. The van der Waals surface area contributed by atoms with E-state index in [1.807, 2.05) is 0 Å². The molecule has 2 saturated heterocycles. The lowest BCUT2D eigenvalue weighted by molar-refractivity contribution is -0.125. The molecule has 2 rings (SSSR count). The van der Waals surface area contributed by atoms with E-state index in [-0.39, 0.29) is 11.8 Å². The molecular weight excluding hydrogens is 226 g/mol. The van der Waals surface area contributed by atoms with E-state index < -0.39 is 0 Å². The van der Waals surface area contributed by atoms with Crippen molar-refractivity contribution in [2.45, 2.75) is 39.2 Å². The van der Waals surface area contributed by atoms with Crippen LogP contribution >= 0.6 is 0 Å². The maximum absolute atomic E-state index is 12.0. The lowest BCUT2D eigenvalue weighted by atomic mass is 10.0. The molecule has 4 heteroatoms. The Hall–Kier alpha value is -0.610. The number of likely N-dealkylation sites (tertiary alicyclic amines) is 1. The zero-order valence-electron chi connectivity index (χ0n) is 11.7. The summed E-state index contributed by atoms with van der Waals surface area (Å²) >= 11 is 0. The lowest BCUT2D eigenvalue weighted by Crippen LogP contribution is -2.40. The van der Waals surface area contributed by atoms with Crippen LogP contribution in [0, 0.1) is 11.8 Å². The van der Waals surface area contributed by atoms with Crippen LogP contribution in [0.5, 0.6) is 0 Å². The fourth-order valence-corrected chi connectivity index (χ4v) is 3.09. The zero-order valence-corrected chi connectivity index (χ0v) is 11.7. The summed E-state index contributed by atoms with van der Waals surface area (Å²) in [5.41, 5.74) is 0. The van der Waals surface area contributed by atoms with Crippen molar-refractivity contribution in [1.82, 2.24) is 15.5 Å². The van der Waals surface area contributed by atoms with Crippen molar-refractivity contribution < 1.29 is 4.79 Å². The van der Waals surface area contributed by atoms with E-state index in [0.29, 0.717) is 12.0 Å². The highest BCUT2D eigenvalue weighted by molar-refractivity contribution is 5.79. The topological polar surface area (TPSA) is 44.4 Å². The highest BCUT2D eigenvalue weighted by Crippen LogP contribution is 2.15. The van der Waals surface area contributed by atoms with Gasteiger partial charge in [0.25, 0.3) is 0 Å². The van der Waals surface area contributed by atoms with E-state index >= 15 is 0 Å². The Morgan fingerprint density at radius 2 is 2.17 bits per heavy atom. The molecule has 2 aliphatic rings. The lowest BCUT2D eigenvalue weighted by Gasteiger charge is -2.22. The van der Waals surface area contributed by atoms with Crippen LogP contribution < -0.4 is 10.6 Å². The molecule has 18 heavy (non-hydrogen) atoms. The number of carbonyl (C=O) groups excluding carboxylic acids is 1. The molecule has 2 heterocycles. The summed E-state index contributed by atoms with van der Waals surface area (Å²) in [6.45, 7) is 9.73. The Kier molecular flexibility index (Phi) is 5.01. The third kappa shape index (κ3) is 3.69. The molecule has 1 amide bonds. The van der Waals surface area contributed by atoms with Crippen molar-refractivity contribution in [1.29, 1.82) is 0 Å². The quantitative estimate of drug-likeness (QED) is 0.763. The largest absolute Gasteiger partial charge is 0.355 e. The summed E-state index contributed by atoms with van der Waals surface area (Å²) in [7, 11) is 0. The van der Waals surface area contributed by atoms with E-state index in [9.17, 15) is 4.79 Å². The normalized spacial score (nSPS) is 30.6. The van der Waals surface area contributed by atoms with Gasteiger partial charge >= 0.3 is 0 Å². The molecule has 3 atom stereocenters. The summed E-state index contributed by atoms with van der Waals surface area (Å²) in [4.78, 5) is 14.5. The van der Waals surface area contributed by atoms with Crippen LogP contribution in [0.1, 0.15) is 33.1 Å². The third-order valence-electron chi connectivity index (χ3n) is 4.26. The standard InChI is InChI=1S/C14H27N3O/c1-11(10-17-7-3-4-8-17)9-16-14(18)13-5-6-15-12(13)2/h11-13,15H,3-10H2,1-2H3,(H,16,18). The maximum Gasteiger partial charge on any atom is 0.224 e. The Bertz CT molecular complexity index is 276. The first-order chi connectivity index (χ1) is 8.66. The van der Waals surface area contributed by atoms with Crippen molar-refractivity contribution in [3.8, 4) is 0 Å². The Morgan fingerprint density at radius 1 is 1.44 bits per heavy atom. The molecule has 0 aromatic heterocycles. The second-order valence-electron chi connectivity index (χ2n) is 6.00. The minimum absolute atomic E-state index is 0.170. The van der Waals surface area contributed by atoms with Crippen LogP contribution in [0.2, 0.25) is 0 Å². The summed E-state index contributed by atoms with van der Waals surface area (Å²) in [5, 5.41) is 6.45. The van der Waals surface area contributed by atoms with Gasteiger partial charge in [0.1, 0.15) is 0 Å². The molecule has 2 N–H and O–H groups in total. The molecule has 0 radical (unpaired) electrons. The van der Waals surface area contributed by atoms with Gasteiger partial charge in [0.15, 0.2) is 0 Å². The van der Waals surface area contributed by atoms with Gasteiger partial charge in [-0.3, -0.25) is 4.79 Å². The summed E-state index contributed by atoms with van der Waals surface area (Å²) in [5.74, 6) is 0.960. The molecule has 0 saturated carbocycles. The average Bonchev–Trinajstić information content (AvgIpc) is 2.97. The predicted octanol–water partition coefficient (Wildman–Crippen LogP) is 0.833. The number of nitrogens with zero attached hydrogens (tertiary/aromatic N) is 1. The molecule has 0 bridgehead atoms. The number of carbonyl (C=O) groups is 1. The van der Waals surface area contributed by atoms with Gasteiger partial charge < -0.3 is 15.5 Å². The number of hydrogen-bond acceptors (Lipinski definition) is 3. The maximum atomic E-state index is 12.0. The Balaban J connectivity index is 1.65. The van der Waals surface area contributed by atoms with Crippen molar-refractivity contribution >= 4 is 5.91 Å². The highest BCUT2D eigenvalue weighted by atomic mass is 16.1. The molecule has 4 nitrogen and oxygen atoms in total. The first-order valence-electron chi connectivity index (χ1n) is 7.40. The van der Waals surface area contributed by atoms with Crippen LogP contribution in [0.15, 0.2) is 0 Å². The number of amides is 1. The van der Waals surface area contributed by atoms with Crippen LogP contribution in [0.25, 0.3) is 0 Å². The van der Waals surface area contributed by atoms with Gasteiger partial charge in [-0.1, -0.05) is 6.92 Å². The predicted molar refractivity (Wildman–Crippen MR) is 73.4 cm³/mol. The zero-order chi connectivity index (χ0) is 13.0. The average molecular weight is 253 g/mol. The van der Waals surface area contributed by atoms with E-state index in [2.05, 4.69) is 29.4 Å². The first-order valence-corrected chi connectivity index (χ1v) is 7.40. The highest BCUT2D eigenvalue weighted by Gasteiger charge is 2.29. The van der Waals surface area contributed by atoms with Gasteiger partial charge in [0.05, 0.1) is 5.92 Å². The van der Waals surface area contributed by atoms with E-state index in [0.717, 1.165) is 26.1 Å². The van der Waals surface area contributed by atoms with Crippen molar-refractivity contribution in [2.75, 3.05) is 32.7 Å². The van der Waals surface area contributed by atoms with Gasteiger partial charge in [-0.2, -0.15) is 0 Å². The minimum Gasteiger partial charge on any atom is -0.355 e. The molecule has 0 aromatic rings. The molecule has 0 aliphatic carbocycles. The van der Waals surface area contributed by atoms with Gasteiger partial charge in [0, 0.05) is 19.1 Å². The van der Waals surface area contributed by atoms with Crippen molar-refractivity contribution in [2.24, 2.45) is 11.8 Å². The summed E-state index contributed by atoms with van der Waals surface area (Å²) in [6.07, 6.45) is 3.65. The smallest absolute Gasteiger partial charge is 0.224 e. The third-order valence-corrected chi connectivity index (χ3v) is 4.26. The Labute approximate surface area is 110 Å². The van der Waals surface area contributed by atoms with Crippen LogP contribution in [0.4, 0.5) is 0 Å². The molecule has 0 aromatic carbocycles. The minimum atomic E-state index is 0.170. The van der Waals surface area contributed by atoms with Crippen LogP contribution in [-0.2, 0) is 4.79 Å². The monoisotopic (exact) mass is 253 g/mol. The second-order valence-corrected chi connectivity index (χ2v) is 6.00. The molecule has 2 fully saturated rings. The van der Waals surface area contributed by atoms with Gasteiger partial charge in [-0.05, 0) is 51.7 Å². The van der Waals surface area contributed by atoms with Gasteiger partial charge in [0.2, 0.25) is 5.91 Å².